The number of primary sulfonamides is 1. The molecule has 21 heavy (non-hydrogen) atoms. The Morgan fingerprint density at radius 3 is 2.10 bits per heavy atom. The van der Waals surface area contributed by atoms with Crippen molar-refractivity contribution in [1.29, 1.82) is 0 Å². The zero-order valence-electron chi connectivity index (χ0n) is 10.6. The summed E-state index contributed by atoms with van der Waals surface area (Å²) >= 11 is 18.1. The highest BCUT2D eigenvalue weighted by molar-refractivity contribution is 7.89. The predicted molar refractivity (Wildman–Crippen MR) is 86.6 cm³/mol. The van der Waals surface area contributed by atoms with E-state index in [1.165, 1.54) is 12.1 Å². The topological polar surface area (TPSA) is 72.2 Å². The van der Waals surface area contributed by atoms with E-state index in [1.807, 2.05) is 0 Å². The van der Waals surface area contributed by atoms with E-state index in [0.717, 1.165) is 0 Å². The smallest absolute Gasteiger partial charge is 0.238 e. The fourth-order valence-electron chi connectivity index (χ4n) is 1.68. The summed E-state index contributed by atoms with van der Waals surface area (Å²) in [5.41, 5.74) is 1.37. The summed E-state index contributed by atoms with van der Waals surface area (Å²) in [6, 6.07) is 9.32. The van der Waals surface area contributed by atoms with Crippen molar-refractivity contribution < 1.29 is 8.42 Å². The van der Waals surface area contributed by atoms with E-state index in [0.29, 0.717) is 32.9 Å². The SMILES string of the molecule is NS(=O)(=O)c1ccc(NCc2c(Cl)ccc(Cl)c2Cl)cc1. The molecule has 0 unspecified atom stereocenters. The molecule has 3 N–H and O–H groups in total. The van der Waals surface area contributed by atoms with Gasteiger partial charge < -0.3 is 5.32 Å². The molecule has 0 spiro atoms. The molecule has 0 radical (unpaired) electrons. The van der Waals surface area contributed by atoms with Crippen LogP contribution in [0.5, 0.6) is 0 Å². The molecule has 0 bridgehead atoms. The highest BCUT2D eigenvalue weighted by Gasteiger charge is 2.10. The molecule has 112 valence electrons. The van der Waals surface area contributed by atoms with Gasteiger partial charge in [0.25, 0.3) is 0 Å². The van der Waals surface area contributed by atoms with Crippen LogP contribution in [-0.4, -0.2) is 8.42 Å². The summed E-state index contributed by atoms with van der Waals surface area (Å²) in [4.78, 5) is 0.0480. The molecular weight excluding hydrogens is 355 g/mol. The number of benzene rings is 2. The number of anilines is 1. The second-order valence-corrected chi connectivity index (χ2v) is 7.00. The molecule has 2 aromatic carbocycles. The van der Waals surface area contributed by atoms with Gasteiger partial charge in [0.15, 0.2) is 0 Å². The number of nitrogens with one attached hydrogen (secondary N) is 1. The molecule has 0 aromatic heterocycles. The van der Waals surface area contributed by atoms with Crippen LogP contribution in [0.25, 0.3) is 0 Å². The largest absolute Gasteiger partial charge is 0.381 e. The molecule has 2 rings (SSSR count). The first-order valence-electron chi connectivity index (χ1n) is 5.78. The van der Waals surface area contributed by atoms with Crippen molar-refractivity contribution >= 4 is 50.5 Å². The molecular formula is C13H11Cl3N2O2S. The van der Waals surface area contributed by atoms with Crippen molar-refractivity contribution in [3.63, 3.8) is 0 Å². The van der Waals surface area contributed by atoms with Crippen LogP contribution in [0.3, 0.4) is 0 Å². The molecule has 0 atom stereocenters. The lowest BCUT2D eigenvalue weighted by atomic mass is 10.2. The quantitative estimate of drug-likeness (QED) is 0.807. The van der Waals surface area contributed by atoms with Crippen LogP contribution in [-0.2, 0) is 16.6 Å². The maximum atomic E-state index is 11.2. The van der Waals surface area contributed by atoms with Crippen LogP contribution in [0.4, 0.5) is 5.69 Å². The first-order chi connectivity index (χ1) is 9.79. The summed E-state index contributed by atoms with van der Waals surface area (Å²) in [7, 11) is -3.69. The van der Waals surface area contributed by atoms with Gasteiger partial charge in [-0.15, -0.1) is 0 Å². The van der Waals surface area contributed by atoms with E-state index < -0.39 is 10.0 Å². The van der Waals surface area contributed by atoms with Crippen LogP contribution in [0.2, 0.25) is 15.1 Å². The number of nitrogens with two attached hydrogens (primary N) is 1. The standard InChI is InChI=1S/C13H11Cl3N2O2S/c14-11-5-6-12(15)13(16)10(11)7-18-8-1-3-9(4-2-8)21(17,19)20/h1-6,18H,7H2,(H2,17,19,20). The normalized spacial score (nSPS) is 11.4. The van der Waals surface area contributed by atoms with Crippen LogP contribution in [0.15, 0.2) is 41.3 Å². The lowest BCUT2D eigenvalue weighted by Gasteiger charge is -2.11. The molecule has 4 nitrogen and oxygen atoms in total. The van der Waals surface area contributed by atoms with Gasteiger partial charge in [-0.3, -0.25) is 0 Å². The van der Waals surface area contributed by atoms with Crippen LogP contribution in [0, 0.1) is 0 Å². The number of hydrogen-bond donors (Lipinski definition) is 2. The summed E-state index contributed by atoms with van der Waals surface area (Å²) in [5, 5.41) is 9.42. The highest BCUT2D eigenvalue weighted by atomic mass is 35.5. The molecule has 0 aliphatic heterocycles. The molecule has 8 heteroatoms. The molecule has 2 aromatic rings. The molecule has 0 fully saturated rings. The minimum atomic E-state index is -3.69. The van der Waals surface area contributed by atoms with E-state index in [2.05, 4.69) is 5.32 Å². The lowest BCUT2D eigenvalue weighted by molar-refractivity contribution is 0.598. The Kier molecular flexibility index (Phi) is 5.01. The fourth-order valence-corrected chi connectivity index (χ4v) is 2.88. The Labute approximate surface area is 137 Å². The minimum Gasteiger partial charge on any atom is -0.381 e. The van der Waals surface area contributed by atoms with Gasteiger partial charge in [0.2, 0.25) is 10.0 Å². The van der Waals surface area contributed by atoms with Crippen LogP contribution in [0.1, 0.15) is 5.56 Å². The number of rotatable bonds is 4. The first-order valence-corrected chi connectivity index (χ1v) is 8.46. The summed E-state index contributed by atoms with van der Waals surface area (Å²) in [5.74, 6) is 0. The Balaban J connectivity index is 2.16. The van der Waals surface area contributed by atoms with Gasteiger partial charge in [0, 0.05) is 22.8 Å². The minimum absolute atomic E-state index is 0.0480. The second kappa shape index (κ2) is 6.42. The number of sulfonamides is 1. The van der Waals surface area contributed by atoms with Crippen molar-refractivity contribution in [2.45, 2.75) is 11.4 Å². The Morgan fingerprint density at radius 2 is 1.52 bits per heavy atom. The summed E-state index contributed by atoms with van der Waals surface area (Å²) in [6.07, 6.45) is 0. The Bertz CT molecular complexity index is 762. The maximum absolute atomic E-state index is 11.2. The predicted octanol–water partition coefficient (Wildman–Crippen LogP) is 3.91. The van der Waals surface area contributed by atoms with Gasteiger partial charge in [-0.25, -0.2) is 13.6 Å². The van der Waals surface area contributed by atoms with Gasteiger partial charge >= 0.3 is 0 Å². The molecule has 0 aliphatic carbocycles. The third kappa shape index (κ3) is 4.02. The fraction of sp³-hybridized carbons (Fsp3) is 0.0769. The molecule has 0 amide bonds. The Hall–Kier alpha value is -0.980. The maximum Gasteiger partial charge on any atom is 0.238 e. The van der Waals surface area contributed by atoms with Crippen molar-refractivity contribution in [1.82, 2.24) is 0 Å². The van der Waals surface area contributed by atoms with Gasteiger partial charge in [0.1, 0.15) is 0 Å². The average molecular weight is 366 g/mol. The zero-order valence-corrected chi connectivity index (χ0v) is 13.7. The lowest BCUT2D eigenvalue weighted by Crippen LogP contribution is -2.12. The van der Waals surface area contributed by atoms with Gasteiger partial charge in [-0.1, -0.05) is 34.8 Å². The zero-order chi connectivity index (χ0) is 15.6. The first kappa shape index (κ1) is 16.4. The van der Waals surface area contributed by atoms with E-state index >= 15 is 0 Å². The van der Waals surface area contributed by atoms with Crippen LogP contribution < -0.4 is 10.5 Å². The van der Waals surface area contributed by atoms with Crippen LogP contribution >= 0.6 is 34.8 Å². The van der Waals surface area contributed by atoms with E-state index in [-0.39, 0.29) is 4.90 Å². The summed E-state index contributed by atoms with van der Waals surface area (Å²) < 4.78 is 22.3. The highest BCUT2D eigenvalue weighted by Crippen LogP contribution is 2.31. The van der Waals surface area contributed by atoms with Gasteiger partial charge in [0.05, 0.1) is 14.9 Å². The number of halogens is 3. The van der Waals surface area contributed by atoms with Crippen molar-refractivity contribution in [2.24, 2.45) is 5.14 Å². The second-order valence-electron chi connectivity index (χ2n) is 4.24. The van der Waals surface area contributed by atoms with Gasteiger partial charge in [-0.05, 0) is 36.4 Å². The third-order valence-corrected chi connectivity index (χ3v) is 4.92. The summed E-state index contributed by atoms with van der Waals surface area (Å²) in [6.45, 7) is 0.354. The molecule has 0 aliphatic rings. The average Bonchev–Trinajstić information content (AvgIpc) is 2.43. The third-order valence-electron chi connectivity index (χ3n) is 2.79. The van der Waals surface area contributed by atoms with Crippen molar-refractivity contribution in [3.05, 3.63) is 57.0 Å². The van der Waals surface area contributed by atoms with Crippen molar-refractivity contribution in [3.8, 4) is 0 Å². The monoisotopic (exact) mass is 364 g/mol. The van der Waals surface area contributed by atoms with Crippen molar-refractivity contribution in [2.75, 3.05) is 5.32 Å². The van der Waals surface area contributed by atoms with Gasteiger partial charge in [-0.2, -0.15) is 0 Å². The molecule has 0 saturated carbocycles. The van der Waals surface area contributed by atoms with E-state index in [4.69, 9.17) is 39.9 Å². The number of hydrogen-bond acceptors (Lipinski definition) is 3. The Morgan fingerprint density at radius 1 is 0.952 bits per heavy atom. The molecule has 0 saturated heterocycles. The molecule has 0 heterocycles. The van der Waals surface area contributed by atoms with E-state index in [1.54, 1.807) is 24.3 Å². The van der Waals surface area contributed by atoms with E-state index in [9.17, 15) is 8.42 Å².